The Balaban J connectivity index is 2.56. The highest BCUT2D eigenvalue weighted by atomic mass is 16.6. The molecule has 0 aliphatic heterocycles. The van der Waals surface area contributed by atoms with Crippen LogP contribution in [-0.2, 0) is 4.79 Å². The fourth-order valence-corrected chi connectivity index (χ4v) is 1.80. The molecule has 0 aliphatic rings. The van der Waals surface area contributed by atoms with Crippen molar-refractivity contribution in [3.05, 3.63) is 58.6 Å². The van der Waals surface area contributed by atoms with Crippen LogP contribution >= 0.6 is 0 Å². The topological polar surface area (TPSA) is 72.2 Å². The Hall–Kier alpha value is -2.69. The molecular formula is C14H12N2O3. The summed E-state index contributed by atoms with van der Waals surface area (Å²) in [6.45, 7) is 1.40. The molecule has 0 saturated heterocycles. The molecule has 5 heteroatoms. The number of anilines is 1. The molecule has 1 N–H and O–H groups in total. The van der Waals surface area contributed by atoms with Crippen LogP contribution in [0.2, 0.25) is 0 Å². The van der Waals surface area contributed by atoms with Crippen LogP contribution < -0.4 is 5.32 Å². The largest absolute Gasteiger partial charge is 0.326 e. The van der Waals surface area contributed by atoms with Crippen LogP contribution in [-0.4, -0.2) is 10.8 Å². The van der Waals surface area contributed by atoms with E-state index in [1.54, 1.807) is 6.07 Å². The number of non-ortho nitro benzene ring substituents is 1. The van der Waals surface area contributed by atoms with Crippen molar-refractivity contribution in [1.29, 1.82) is 0 Å². The van der Waals surface area contributed by atoms with Gasteiger partial charge < -0.3 is 5.32 Å². The standard InChI is InChI=1S/C14H12N2O3/c1-10(17)15-14-8-7-12(16(18)19)9-13(14)11-5-3-2-4-6-11/h2-9H,1H3,(H,15,17). The third-order valence-corrected chi connectivity index (χ3v) is 2.61. The van der Waals surface area contributed by atoms with Gasteiger partial charge in [-0.3, -0.25) is 14.9 Å². The van der Waals surface area contributed by atoms with Crippen LogP contribution in [0.3, 0.4) is 0 Å². The van der Waals surface area contributed by atoms with Crippen molar-refractivity contribution in [1.82, 2.24) is 0 Å². The lowest BCUT2D eigenvalue weighted by atomic mass is 10.0. The van der Waals surface area contributed by atoms with Crippen LogP contribution in [0.5, 0.6) is 0 Å². The van der Waals surface area contributed by atoms with Crippen molar-refractivity contribution in [2.45, 2.75) is 6.92 Å². The SMILES string of the molecule is CC(=O)Nc1ccc([N+](=O)[O-])cc1-c1ccccc1. The monoisotopic (exact) mass is 256 g/mol. The zero-order valence-electron chi connectivity index (χ0n) is 10.3. The van der Waals surface area contributed by atoms with Gasteiger partial charge in [0.05, 0.1) is 4.92 Å². The first-order chi connectivity index (χ1) is 9.08. The van der Waals surface area contributed by atoms with Gasteiger partial charge in [-0.05, 0) is 11.6 Å². The Labute approximate surface area is 110 Å². The zero-order chi connectivity index (χ0) is 13.8. The highest BCUT2D eigenvalue weighted by Crippen LogP contribution is 2.31. The van der Waals surface area contributed by atoms with Gasteiger partial charge in [0.25, 0.3) is 5.69 Å². The summed E-state index contributed by atoms with van der Waals surface area (Å²) in [4.78, 5) is 21.6. The van der Waals surface area contributed by atoms with E-state index in [0.29, 0.717) is 11.3 Å². The molecule has 0 aromatic heterocycles. The normalized spacial score (nSPS) is 9.95. The molecule has 0 fully saturated rings. The number of benzene rings is 2. The fourth-order valence-electron chi connectivity index (χ4n) is 1.80. The summed E-state index contributed by atoms with van der Waals surface area (Å²) in [5.74, 6) is -0.217. The van der Waals surface area contributed by atoms with Gasteiger partial charge in [0.1, 0.15) is 0 Å². The Morgan fingerprint density at radius 3 is 2.42 bits per heavy atom. The predicted molar refractivity (Wildman–Crippen MR) is 72.8 cm³/mol. The van der Waals surface area contributed by atoms with Gasteiger partial charge in [-0.1, -0.05) is 30.3 Å². The van der Waals surface area contributed by atoms with Crippen LogP contribution in [0.25, 0.3) is 11.1 Å². The molecule has 0 unspecified atom stereocenters. The van der Waals surface area contributed by atoms with E-state index in [9.17, 15) is 14.9 Å². The van der Waals surface area contributed by atoms with Gasteiger partial charge in [0, 0.05) is 30.3 Å². The molecule has 1 amide bonds. The lowest BCUT2D eigenvalue weighted by Gasteiger charge is -2.10. The molecule has 0 saturated carbocycles. The minimum Gasteiger partial charge on any atom is -0.326 e. The van der Waals surface area contributed by atoms with Crippen LogP contribution in [0, 0.1) is 10.1 Å². The molecule has 2 aromatic carbocycles. The number of nitrogens with one attached hydrogen (secondary N) is 1. The molecule has 0 radical (unpaired) electrons. The number of rotatable bonds is 3. The second-order valence-electron chi connectivity index (χ2n) is 4.03. The predicted octanol–water partition coefficient (Wildman–Crippen LogP) is 3.22. The third-order valence-electron chi connectivity index (χ3n) is 2.61. The van der Waals surface area contributed by atoms with Crippen molar-refractivity contribution in [2.24, 2.45) is 0 Å². The molecule has 96 valence electrons. The van der Waals surface area contributed by atoms with E-state index < -0.39 is 4.92 Å². The lowest BCUT2D eigenvalue weighted by Crippen LogP contribution is -2.07. The van der Waals surface area contributed by atoms with Crippen molar-refractivity contribution in [3.8, 4) is 11.1 Å². The lowest BCUT2D eigenvalue weighted by molar-refractivity contribution is -0.384. The number of nitrogens with zero attached hydrogens (tertiary/aromatic N) is 1. The smallest absolute Gasteiger partial charge is 0.270 e. The van der Waals surface area contributed by atoms with Gasteiger partial charge in [-0.25, -0.2) is 0 Å². The number of amides is 1. The maximum Gasteiger partial charge on any atom is 0.270 e. The Morgan fingerprint density at radius 2 is 1.84 bits per heavy atom. The first-order valence-electron chi connectivity index (χ1n) is 5.69. The molecule has 2 aromatic rings. The number of carbonyl (C=O) groups is 1. The van der Waals surface area contributed by atoms with Crippen LogP contribution in [0.4, 0.5) is 11.4 Å². The van der Waals surface area contributed by atoms with Gasteiger partial charge in [0.15, 0.2) is 0 Å². The van der Waals surface area contributed by atoms with Gasteiger partial charge in [0.2, 0.25) is 5.91 Å². The fraction of sp³-hybridized carbons (Fsp3) is 0.0714. The second kappa shape index (κ2) is 5.30. The average Bonchev–Trinajstić information content (AvgIpc) is 2.39. The molecular weight excluding hydrogens is 244 g/mol. The molecule has 0 spiro atoms. The van der Waals surface area contributed by atoms with E-state index >= 15 is 0 Å². The van der Waals surface area contributed by atoms with E-state index in [4.69, 9.17) is 0 Å². The summed E-state index contributed by atoms with van der Waals surface area (Å²) in [6, 6.07) is 13.6. The number of nitro groups is 1. The van der Waals surface area contributed by atoms with Crippen LogP contribution in [0.15, 0.2) is 48.5 Å². The average molecular weight is 256 g/mol. The summed E-state index contributed by atoms with van der Waals surface area (Å²) in [5.41, 5.74) is 2.00. The number of hydrogen-bond donors (Lipinski definition) is 1. The van der Waals surface area contributed by atoms with E-state index in [1.165, 1.54) is 19.1 Å². The Bertz CT molecular complexity index is 624. The minimum atomic E-state index is -0.454. The Morgan fingerprint density at radius 1 is 1.16 bits per heavy atom. The summed E-state index contributed by atoms with van der Waals surface area (Å²) in [7, 11) is 0. The maximum atomic E-state index is 11.2. The van der Waals surface area contributed by atoms with Gasteiger partial charge in [-0.2, -0.15) is 0 Å². The highest BCUT2D eigenvalue weighted by molar-refractivity contribution is 5.94. The first-order valence-corrected chi connectivity index (χ1v) is 5.69. The van der Waals surface area contributed by atoms with Crippen molar-refractivity contribution >= 4 is 17.3 Å². The molecule has 0 aliphatic carbocycles. The van der Waals surface area contributed by atoms with E-state index in [2.05, 4.69) is 5.32 Å². The highest BCUT2D eigenvalue weighted by Gasteiger charge is 2.12. The molecule has 0 heterocycles. The summed E-state index contributed by atoms with van der Waals surface area (Å²) < 4.78 is 0. The first kappa shape index (κ1) is 12.8. The van der Waals surface area contributed by atoms with Crippen molar-refractivity contribution in [3.63, 3.8) is 0 Å². The molecule has 0 bridgehead atoms. The van der Waals surface area contributed by atoms with Gasteiger partial charge >= 0.3 is 0 Å². The van der Waals surface area contributed by atoms with Crippen molar-refractivity contribution in [2.75, 3.05) is 5.32 Å². The van der Waals surface area contributed by atoms with E-state index in [1.807, 2.05) is 30.3 Å². The Kier molecular flexibility index (Phi) is 3.56. The maximum absolute atomic E-state index is 11.2. The van der Waals surface area contributed by atoms with Crippen LogP contribution in [0.1, 0.15) is 6.92 Å². The number of carbonyl (C=O) groups excluding carboxylic acids is 1. The number of nitro benzene ring substituents is 1. The van der Waals surface area contributed by atoms with Crippen molar-refractivity contribution < 1.29 is 9.72 Å². The molecule has 0 atom stereocenters. The summed E-state index contributed by atoms with van der Waals surface area (Å²) in [6.07, 6.45) is 0. The third kappa shape index (κ3) is 2.95. The molecule has 19 heavy (non-hydrogen) atoms. The quantitative estimate of drug-likeness (QED) is 0.677. The van der Waals surface area contributed by atoms with E-state index in [-0.39, 0.29) is 11.6 Å². The second-order valence-corrected chi connectivity index (χ2v) is 4.03. The molecule has 2 rings (SSSR count). The van der Waals surface area contributed by atoms with E-state index in [0.717, 1.165) is 5.56 Å². The summed E-state index contributed by atoms with van der Waals surface area (Å²) >= 11 is 0. The zero-order valence-corrected chi connectivity index (χ0v) is 10.3. The minimum absolute atomic E-state index is 0.00652. The number of hydrogen-bond acceptors (Lipinski definition) is 3. The van der Waals surface area contributed by atoms with Gasteiger partial charge in [-0.15, -0.1) is 0 Å². The molecule has 5 nitrogen and oxygen atoms in total. The summed E-state index contributed by atoms with van der Waals surface area (Å²) in [5, 5.41) is 13.5.